The van der Waals surface area contributed by atoms with Gasteiger partial charge in [0.15, 0.2) is 5.82 Å². The zero-order valence-electron chi connectivity index (χ0n) is 17.4. The van der Waals surface area contributed by atoms with Crippen LogP contribution in [0.3, 0.4) is 0 Å². The van der Waals surface area contributed by atoms with Gasteiger partial charge < -0.3 is 20.5 Å². The second-order valence-electron chi connectivity index (χ2n) is 7.99. The van der Waals surface area contributed by atoms with Gasteiger partial charge in [0.1, 0.15) is 17.7 Å². The number of aliphatic hydroxyl groups is 1. The van der Waals surface area contributed by atoms with Gasteiger partial charge in [-0.05, 0) is 45.2 Å². The highest BCUT2D eigenvalue weighted by atomic mass is 35.5. The highest BCUT2D eigenvalue weighted by molar-refractivity contribution is 6.31. The molecule has 1 aliphatic carbocycles. The molecule has 31 heavy (non-hydrogen) atoms. The van der Waals surface area contributed by atoms with Crippen molar-refractivity contribution in [2.75, 3.05) is 13.1 Å². The molecule has 2 aromatic rings. The molecule has 1 fully saturated rings. The Balaban J connectivity index is 1.57. The molecule has 0 spiro atoms. The lowest BCUT2D eigenvalue weighted by molar-refractivity contribution is 0.0577. The normalized spacial score (nSPS) is 21.1. The third-order valence-electron chi connectivity index (χ3n) is 5.71. The molecule has 3 N–H and O–H groups in total. The van der Waals surface area contributed by atoms with Crippen molar-refractivity contribution in [3.63, 3.8) is 0 Å². The monoisotopic (exact) mass is 446 g/mol. The number of nitrogens with two attached hydrogens (primary N) is 1. The first-order valence-corrected chi connectivity index (χ1v) is 10.5. The molecule has 0 radical (unpaired) electrons. The summed E-state index contributed by atoms with van der Waals surface area (Å²) in [6.45, 7) is 3.98. The predicted molar refractivity (Wildman–Crippen MR) is 114 cm³/mol. The van der Waals surface area contributed by atoms with Crippen molar-refractivity contribution in [1.82, 2.24) is 14.9 Å². The third kappa shape index (κ3) is 4.22. The van der Waals surface area contributed by atoms with Crippen molar-refractivity contribution >= 4 is 23.1 Å². The Labute approximate surface area is 184 Å². The summed E-state index contributed by atoms with van der Waals surface area (Å²) in [5.41, 5.74) is 8.86. The number of aromatic nitrogens is 2. The fourth-order valence-corrected chi connectivity index (χ4v) is 4.08. The molecule has 4 rings (SSSR count). The summed E-state index contributed by atoms with van der Waals surface area (Å²) in [4.78, 5) is 23.6. The number of ether oxygens (including phenoxy) is 1. The van der Waals surface area contributed by atoms with Gasteiger partial charge in [0.25, 0.3) is 5.91 Å². The van der Waals surface area contributed by atoms with Crippen LogP contribution in [0.15, 0.2) is 23.9 Å². The minimum absolute atomic E-state index is 0.123. The zero-order valence-corrected chi connectivity index (χ0v) is 18.1. The number of aliphatic hydroxyl groups excluding tert-OH is 1. The highest BCUT2D eigenvalue weighted by Gasteiger charge is 2.32. The van der Waals surface area contributed by atoms with Crippen molar-refractivity contribution in [2.45, 2.75) is 45.3 Å². The number of carbonyl (C=O) groups excluding carboxylic acids is 1. The van der Waals surface area contributed by atoms with Crippen molar-refractivity contribution in [3.8, 4) is 5.75 Å². The molecule has 9 heteroatoms. The van der Waals surface area contributed by atoms with Gasteiger partial charge in [-0.2, -0.15) is 0 Å². The Hall–Kier alpha value is -2.71. The summed E-state index contributed by atoms with van der Waals surface area (Å²) >= 11 is 6.16. The molecule has 2 heterocycles. The molecular formula is C22H24ClFN4O3. The highest BCUT2D eigenvalue weighted by Crippen LogP contribution is 2.31. The molecule has 1 unspecified atom stereocenters. The minimum atomic E-state index is -0.629. The van der Waals surface area contributed by atoms with Crippen LogP contribution >= 0.6 is 11.6 Å². The van der Waals surface area contributed by atoms with E-state index in [2.05, 4.69) is 9.97 Å². The standard InChI is InChI=1S/C22H24ClFN4O3/c1-11-20(23)12(2)27-21(26-11)15-9-28(10-16(15)25)22(30)14-7-6-13(24)8-19(14)31-18-5-3-4-17(18)29/h6-8,17-18,29H,3-5,9-10,25H2,1-2H3/t17-,18?/m0/s1. The second kappa shape index (κ2) is 8.43. The molecule has 2 atom stereocenters. The van der Waals surface area contributed by atoms with Crippen LogP contribution in [0.25, 0.3) is 5.57 Å². The molecule has 0 bridgehead atoms. The van der Waals surface area contributed by atoms with E-state index in [9.17, 15) is 14.3 Å². The Morgan fingerprint density at radius 2 is 1.97 bits per heavy atom. The van der Waals surface area contributed by atoms with Gasteiger partial charge in [0.05, 0.1) is 41.2 Å². The number of halogens is 2. The molecule has 7 nitrogen and oxygen atoms in total. The number of aryl methyl sites for hydroxylation is 2. The van der Waals surface area contributed by atoms with Crippen LogP contribution in [0.2, 0.25) is 5.02 Å². The SMILES string of the molecule is Cc1nc(C2=C(N)CN(C(=O)c3ccc(F)cc3OC3CCC[C@@H]3O)C2)nc(C)c1Cl. The maximum atomic E-state index is 13.9. The Kier molecular flexibility index (Phi) is 5.85. The fraction of sp³-hybridized carbons (Fsp3) is 0.409. The molecule has 1 aromatic carbocycles. The summed E-state index contributed by atoms with van der Waals surface area (Å²) in [6.07, 6.45) is 1.01. The lowest BCUT2D eigenvalue weighted by Gasteiger charge is -2.22. The quantitative estimate of drug-likeness (QED) is 0.748. The van der Waals surface area contributed by atoms with Gasteiger partial charge in [-0.1, -0.05) is 11.6 Å². The number of carbonyl (C=O) groups is 1. The summed E-state index contributed by atoms with van der Waals surface area (Å²) in [5.74, 6) is -0.295. The molecule has 1 aromatic heterocycles. The molecule has 1 amide bonds. The van der Waals surface area contributed by atoms with Crippen molar-refractivity contribution in [1.29, 1.82) is 0 Å². The molecule has 1 saturated carbocycles. The third-order valence-corrected chi connectivity index (χ3v) is 6.25. The summed E-state index contributed by atoms with van der Waals surface area (Å²) in [6, 6.07) is 3.80. The number of hydrogen-bond acceptors (Lipinski definition) is 6. The first kappa shape index (κ1) is 21.5. The maximum Gasteiger partial charge on any atom is 0.258 e. The van der Waals surface area contributed by atoms with Crippen molar-refractivity contribution in [3.05, 3.63) is 57.5 Å². The Bertz CT molecular complexity index is 1050. The second-order valence-corrected chi connectivity index (χ2v) is 8.37. The summed E-state index contributed by atoms with van der Waals surface area (Å²) in [7, 11) is 0. The van der Waals surface area contributed by atoms with Crippen LogP contribution in [0.5, 0.6) is 5.75 Å². The Morgan fingerprint density at radius 1 is 1.26 bits per heavy atom. The van der Waals surface area contributed by atoms with E-state index in [0.717, 1.165) is 6.42 Å². The van der Waals surface area contributed by atoms with Crippen molar-refractivity contribution < 1.29 is 19.0 Å². The van der Waals surface area contributed by atoms with Gasteiger partial charge in [-0.25, -0.2) is 14.4 Å². The number of rotatable bonds is 4. The summed E-state index contributed by atoms with van der Waals surface area (Å²) < 4.78 is 19.7. The molecule has 0 saturated heterocycles. The summed E-state index contributed by atoms with van der Waals surface area (Å²) in [5, 5.41) is 10.6. The van der Waals surface area contributed by atoms with E-state index in [1.165, 1.54) is 18.2 Å². The van der Waals surface area contributed by atoms with E-state index in [1.54, 1.807) is 18.7 Å². The van der Waals surface area contributed by atoms with Crippen LogP contribution in [0, 0.1) is 19.7 Å². The zero-order chi connectivity index (χ0) is 22.3. The van der Waals surface area contributed by atoms with E-state index in [1.807, 2.05) is 0 Å². The smallest absolute Gasteiger partial charge is 0.258 e. The van der Waals surface area contributed by atoms with E-state index >= 15 is 0 Å². The van der Waals surface area contributed by atoms with E-state index < -0.39 is 18.0 Å². The van der Waals surface area contributed by atoms with E-state index in [-0.39, 0.29) is 30.3 Å². The maximum absolute atomic E-state index is 13.9. The lowest BCUT2D eigenvalue weighted by atomic mass is 10.1. The van der Waals surface area contributed by atoms with Crippen LogP contribution in [0.1, 0.15) is 46.8 Å². The van der Waals surface area contributed by atoms with Crippen LogP contribution in [-0.2, 0) is 0 Å². The Morgan fingerprint density at radius 3 is 2.61 bits per heavy atom. The number of nitrogens with zero attached hydrogens (tertiary/aromatic N) is 3. The average molecular weight is 447 g/mol. The van der Waals surface area contributed by atoms with Crippen molar-refractivity contribution in [2.24, 2.45) is 5.73 Å². The van der Waals surface area contributed by atoms with Crippen LogP contribution in [0.4, 0.5) is 4.39 Å². The molecule has 2 aliphatic rings. The van der Waals surface area contributed by atoms with Gasteiger partial charge >= 0.3 is 0 Å². The lowest BCUT2D eigenvalue weighted by Crippen LogP contribution is -2.32. The molecular weight excluding hydrogens is 423 g/mol. The topological polar surface area (TPSA) is 102 Å². The number of benzene rings is 1. The van der Waals surface area contributed by atoms with Crippen LogP contribution in [-0.4, -0.2) is 51.2 Å². The van der Waals surface area contributed by atoms with E-state index in [0.29, 0.717) is 46.3 Å². The molecule has 164 valence electrons. The number of hydrogen-bond donors (Lipinski definition) is 2. The first-order chi connectivity index (χ1) is 14.7. The van der Waals surface area contributed by atoms with Gasteiger partial charge in [0, 0.05) is 17.3 Å². The largest absolute Gasteiger partial charge is 0.487 e. The van der Waals surface area contributed by atoms with Gasteiger partial charge in [0.2, 0.25) is 0 Å². The number of amides is 1. The average Bonchev–Trinajstić information content (AvgIpc) is 3.31. The van der Waals surface area contributed by atoms with E-state index in [4.69, 9.17) is 22.1 Å². The minimum Gasteiger partial charge on any atom is -0.487 e. The van der Waals surface area contributed by atoms with Gasteiger partial charge in [-0.15, -0.1) is 0 Å². The fourth-order valence-electron chi connectivity index (χ4n) is 3.99. The molecule has 1 aliphatic heterocycles. The van der Waals surface area contributed by atoms with Crippen LogP contribution < -0.4 is 10.5 Å². The first-order valence-electron chi connectivity index (χ1n) is 10.2. The predicted octanol–water partition coefficient (Wildman–Crippen LogP) is 3.00. The van der Waals surface area contributed by atoms with Gasteiger partial charge in [-0.3, -0.25) is 4.79 Å².